The first-order valence-corrected chi connectivity index (χ1v) is 11.6. The summed E-state index contributed by atoms with van der Waals surface area (Å²) in [7, 11) is -1.80. The molecule has 2 aliphatic heterocycles. The molecule has 0 amide bonds. The maximum absolute atomic E-state index is 9.21. The normalized spacial score (nSPS) is 38.5. The van der Waals surface area contributed by atoms with E-state index in [9.17, 15) is 5.11 Å². The van der Waals surface area contributed by atoms with Gasteiger partial charge in [-0.3, -0.25) is 0 Å². The molecule has 0 saturated carbocycles. The highest BCUT2D eigenvalue weighted by atomic mass is 28.4. The maximum atomic E-state index is 9.21. The minimum atomic E-state index is -1.80. The zero-order valence-electron chi connectivity index (χ0n) is 15.3. The van der Waals surface area contributed by atoms with E-state index < -0.39 is 8.32 Å². The third-order valence-electron chi connectivity index (χ3n) is 6.19. The van der Waals surface area contributed by atoms with E-state index in [1.807, 2.05) is 0 Å². The van der Waals surface area contributed by atoms with Gasteiger partial charge in [-0.2, -0.15) is 0 Å². The van der Waals surface area contributed by atoms with Crippen molar-refractivity contribution >= 4 is 8.32 Å². The zero-order chi connectivity index (χ0) is 16.8. The molecule has 0 radical (unpaired) electrons. The van der Waals surface area contributed by atoms with Crippen LogP contribution in [0.1, 0.15) is 47.5 Å². The Bertz CT molecular complexity index is 427. The molecule has 2 rings (SSSR count). The van der Waals surface area contributed by atoms with Crippen molar-refractivity contribution in [3.63, 3.8) is 0 Å². The lowest BCUT2D eigenvalue weighted by molar-refractivity contribution is -0.171. The largest absolute Gasteiger partial charge is 0.413 e. The van der Waals surface area contributed by atoms with Gasteiger partial charge in [0.05, 0.1) is 17.8 Å². The second-order valence-corrected chi connectivity index (χ2v) is 13.5. The Labute approximate surface area is 137 Å². The molecule has 3 nitrogen and oxygen atoms in total. The zero-order valence-corrected chi connectivity index (χ0v) is 16.3. The quantitative estimate of drug-likeness (QED) is 0.610. The van der Waals surface area contributed by atoms with Gasteiger partial charge in [-0.05, 0) is 31.0 Å². The number of hydrogen-bond acceptors (Lipinski definition) is 3. The molecule has 0 unspecified atom stereocenters. The molecule has 2 heterocycles. The lowest BCUT2D eigenvalue weighted by Gasteiger charge is -2.51. The molecule has 22 heavy (non-hydrogen) atoms. The van der Waals surface area contributed by atoms with Crippen LogP contribution < -0.4 is 0 Å². The van der Waals surface area contributed by atoms with Crippen LogP contribution in [-0.4, -0.2) is 37.8 Å². The van der Waals surface area contributed by atoms with E-state index in [1.54, 1.807) is 0 Å². The molecule has 0 aromatic carbocycles. The summed E-state index contributed by atoms with van der Waals surface area (Å²) in [5, 5.41) is 9.43. The highest BCUT2D eigenvalue weighted by Gasteiger charge is 2.54. The van der Waals surface area contributed by atoms with E-state index in [0.717, 1.165) is 12.8 Å². The first-order chi connectivity index (χ1) is 10.0. The molecule has 1 saturated heterocycles. The van der Waals surface area contributed by atoms with Crippen molar-refractivity contribution in [2.45, 2.75) is 83.4 Å². The summed E-state index contributed by atoms with van der Waals surface area (Å²) in [6, 6.07) is 0. The van der Waals surface area contributed by atoms with Crippen LogP contribution in [0.25, 0.3) is 0 Å². The van der Waals surface area contributed by atoms with E-state index in [-0.39, 0.29) is 29.5 Å². The highest BCUT2D eigenvalue weighted by molar-refractivity contribution is 6.74. The van der Waals surface area contributed by atoms with Gasteiger partial charge >= 0.3 is 0 Å². The van der Waals surface area contributed by atoms with Crippen LogP contribution in [0, 0.1) is 11.8 Å². The maximum Gasteiger partial charge on any atom is 0.192 e. The fourth-order valence-corrected chi connectivity index (χ4v) is 4.96. The van der Waals surface area contributed by atoms with Crippen molar-refractivity contribution in [2.75, 3.05) is 6.61 Å². The SMILES string of the molecule is C[C@H]1[C@@H](O[Si](C)(C)C(C)(C)C)[C@@H](C)[C@@]2(CCCO)C=C[C@@H]1O2. The molecule has 0 spiro atoms. The van der Waals surface area contributed by atoms with Gasteiger partial charge in [0.25, 0.3) is 0 Å². The molecule has 4 heteroatoms. The Morgan fingerprint density at radius 1 is 1.27 bits per heavy atom. The first kappa shape index (κ1) is 18.2. The van der Waals surface area contributed by atoms with Gasteiger partial charge in [-0.15, -0.1) is 0 Å². The third-order valence-corrected chi connectivity index (χ3v) is 10.7. The third kappa shape index (κ3) is 3.08. The average Bonchev–Trinajstić information content (AvgIpc) is 2.81. The van der Waals surface area contributed by atoms with Crippen molar-refractivity contribution in [1.82, 2.24) is 0 Å². The van der Waals surface area contributed by atoms with Crippen LogP contribution in [0.2, 0.25) is 18.1 Å². The monoisotopic (exact) mass is 326 g/mol. The van der Waals surface area contributed by atoms with Crippen LogP contribution in [0.5, 0.6) is 0 Å². The summed E-state index contributed by atoms with van der Waals surface area (Å²) in [5.41, 5.74) is -0.243. The van der Waals surface area contributed by atoms with Gasteiger partial charge < -0.3 is 14.3 Å². The van der Waals surface area contributed by atoms with Crippen molar-refractivity contribution in [1.29, 1.82) is 0 Å². The molecule has 5 atom stereocenters. The summed E-state index contributed by atoms with van der Waals surface area (Å²) in [6.45, 7) is 16.3. The van der Waals surface area contributed by atoms with Crippen LogP contribution in [-0.2, 0) is 9.16 Å². The van der Waals surface area contributed by atoms with Crippen molar-refractivity contribution in [3.8, 4) is 0 Å². The van der Waals surface area contributed by atoms with Gasteiger partial charge in [0.2, 0.25) is 0 Å². The second-order valence-electron chi connectivity index (χ2n) is 8.71. The predicted molar refractivity (Wildman–Crippen MR) is 93.5 cm³/mol. The number of aliphatic hydroxyl groups is 1. The molecule has 1 N–H and O–H groups in total. The molecule has 0 aromatic heterocycles. The van der Waals surface area contributed by atoms with Crippen LogP contribution in [0.15, 0.2) is 12.2 Å². The summed E-state index contributed by atoms with van der Waals surface area (Å²) in [5.74, 6) is 0.698. The Hall–Kier alpha value is -0.163. The Kier molecular flexibility index (Phi) is 4.99. The van der Waals surface area contributed by atoms with Crippen LogP contribution in [0.3, 0.4) is 0 Å². The van der Waals surface area contributed by atoms with Crippen molar-refractivity contribution in [2.24, 2.45) is 11.8 Å². The molecule has 2 bridgehead atoms. The molecular formula is C18H34O3Si. The van der Waals surface area contributed by atoms with Gasteiger partial charge in [-0.1, -0.05) is 46.8 Å². The van der Waals surface area contributed by atoms with Crippen LogP contribution >= 0.6 is 0 Å². The summed E-state index contributed by atoms with van der Waals surface area (Å²) >= 11 is 0. The molecule has 1 fully saturated rings. The topological polar surface area (TPSA) is 38.7 Å². The molecule has 2 aliphatic rings. The lowest BCUT2D eigenvalue weighted by atomic mass is 9.76. The van der Waals surface area contributed by atoms with Crippen molar-refractivity contribution < 1.29 is 14.3 Å². The summed E-state index contributed by atoms with van der Waals surface area (Å²) in [6.07, 6.45) is 6.50. The van der Waals surface area contributed by atoms with E-state index in [4.69, 9.17) is 9.16 Å². The Morgan fingerprint density at radius 2 is 1.91 bits per heavy atom. The molecular weight excluding hydrogens is 292 g/mol. The lowest BCUT2D eigenvalue weighted by Crippen LogP contribution is -2.57. The fraction of sp³-hybridized carbons (Fsp3) is 0.889. The standard InChI is InChI=1S/C18H34O3Si/c1-13-15-9-11-18(20-15,10-8-12-19)14(2)16(13)21-22(6,7)17(3,4)5/h9,11,13-16,19H,8,10,12H2,1-7H3/t13-,14-,15+,16-,18-/m1/s1. The number of rotatable bonds is 5. The van der Waals surface area contributed by atoms with Gasteiger partial charge in [-0.25, -0.2) is 0 Å². The fourth-order valence-electron chi connectivity index (χ4n) is 3.50. The van der Waals surface area contributed by atoms with Gasteiger partial charge in [0.1, 0.15) is 0 Å². The average molecular weight is 327 g/mol. The van der Waals surface area contributed by atoms with E-state index in [1.165, 1.54) is 0 Å². The Morgan fingerprint density at radius 3 is 2.45 bits per heavy atom. The van der Waals surface area contributed by atoms with Gasteiger partial charge in [0.15, 0.2) is 8.32 Å². The Balaban J connectivity index is 2.22. The summed E-state index contributed by atoms with van der Waals surface area (Å²) < 4.78 is 13.2. The number of ether oxygens (including phenoxy) is 1. The van der Waals surface area contributed by atoms with E-state index in [0.29, 0.717) is 11.8 Å². The number of hydrogen-bond donors (Lipinski definition) is 1. The predicted octanol–water partition coefficient (Wildman–Crippen LogP) is 4.13. The van der Waals surface area contributed by atoms with E-state index >= 15 is 0 Å². The smallest absolute Gasteiger partial charge is 0.192 e. The van der Waals surface area contributed by atoms with Crippen molar-refractivity contribution in [3.05, 3.63) is 12.2 Å². The summed E-state index contributed by atoms with van der Waals surface area (Å²) in [4.78, 5) is 0. The molecule has 0 aliphatic carbocycles. The van der Waals surface area contributed by atoms with Gasteiger partial charge in [0, 0.05) is 18.4 Å². The minimum absolute atomic E-state index is 0.157. The minimum Gasteiger partial charge on any atom is -0.413 e. The molecule has 128 valence electrons. The van der Waals surface area contributed by atoms with Crippen LogP contribution in [0.4, 0.5) is 0 Å². The van der Waals surface area contributed by atoms with E-state index in [2.05, 4.69) is 59.9 Å². The number of fused-ring (bicyclic) bond motifs is 2. The highest BCUT2D eigenvalue weighted by Crippen LogP contribution is 2.49. The molecule has 0 aromatic rings. The first-order valence-electron chi connectivity index (χ1n) is 8.70. The number of aliphatic hydroxyl groups excluding tert-OH is 1. The second kappa shape index (κ2) is 6.04.